The molecule has 6 nitrogen and oxygen atoms in total. The molecule has 31 heavy (non-hydrogen) atoms. The molecule has 0 saturated carbocycles. The van der Waals surface area contributed by atoms with Gasteiger partial charge >= 0.3 is 5.97 Å². The summed E-state index contributed by atoms with van der Waals surface area (Å²) in [6, 6.07) is 10.3. The van der Waals surface area contributed by atoms with Crippen LogP contribution in [0.25, 0.3) is 0 Å². The van der Waals surface area contributed by atoms with Crippen molar-refractivity contribution in [2.45, 2.75) is 71.9 Å². The van der Waals surface area contributed by atoms with Gasteiger partial charge < -0.3 is 14.4 Å². The predicted molar refractivity (Wildman–Crippen MR) is 118 cm³/mol. The minimum atomic E-state index is -1.24. The van der Waals surface area contributed by atoms with Crippen LogP contribution in [-0.4, -0.2) is 58.7 Å². The van der Waals surface area contributed by atoms with Gasteiger partial charge in [0.05, 0.1) is 12.6 Å². The van der Waals surface area contributed by atoms with Crippen molar-refractivity contribution in [2.24, 2.45) is 17.3 Å². The minimum absolute atomic E-state index is 0.0255. The van der Waals surface area contributed by atoms with Crippen molar-refractivity contribution in [1.82, 2.24) is 9.80 Å². The maximum Gasteiger partial charge on any atom is 0.324 e. The van der Waals surface area contributed by atoms with Crippen LogP contribution in [0.5, 0.6) is 0 Å². The van der Waals surface area contributed by atoms with Crippen LogP contribution in [0.3, 0.4) is 0 Å². The average molecular weight is 429 g/mol. The topological polar surface area (TPSA) is 59.1 Å². The lowest BCUT2D eigenvalue weighted by Crippen LogP contribution is -2.51. The molecular weight excluding hydrogens is 392 g/mol. The molecule has 0 spiro atoms. The number of amides is 1. The van der Waals surface area contributed by atoms with Crippen LogP contribution >= 0.6 is 0 Å². The van der Waals surface area contributed by atoms with E-state index in [1.807, 2.05) is 50.8 Å². The van der Waals surface area contributed by atoms with E-state index in [1.165, 1.54) is 5.56 Å². The SMILES string of the molecule is CC(C)[C@H]1CO[C@]2(C)[C@@H]3CN([C@@H](C)c4ccccc4)C[C@]3(C(=O)OC(C)(C)C)C(=O)N12. The first-order chi connectivity index (χ1) is 14.4. The van der Waals surface area contributed by atoms with Crippen molar-refractivity contribution in [1.29, 1.82) is 0 Å². The Morgan fingerprint density at radius 2 is 1.84 bits per heavy atom. The monoisotopic (exact) mass is 428 g/mol. The number of carbonyl (C=O) groups is 2. The summed E-state index contributed by atoms with van der Waals surface area (Å²) in [6.07, 6.45) is 0. The summed E-state index contributed by atoms with van der Waals surface area (Å²) < 4.78 is 12.2. The molecule has 3 aliphatic rings. The number of hydrogen-bond donors (Lipinski definition) is 0. The van der Waals surface area contributed by atoms with E-state index in [0.29, 0.717) is 19.7 Å². The highest BCUT2D eigenvalue weighted by molar-refractivity contribution is 6.06. The molecule has 3 saturated heterocycles. The Hall–Kier alpha value is -1.92. The van der Waals surface area contributed by atoms with Gasteiger partial charge in [0.2, 0.25) is 5.91 Å². The fourth-order valence-electron chi connectivity index (χ4n) is 5.68. The molecule has 0 aliphatic carbocycles. The minimum Gasteiger partial charge on any atom is -0.459 e. The zero-order valence-corrected chi connectivity index (χ0v) is 19.8. The molecule has 4 rings (SSSR count). The van der Waals surface area contributed by atoms with Crippen molar-refractivity contribution in [2.75, 3.05) is 19.7 Å². The molecule has 1 amide bonds. The van der Waals surface area contributed by atoms with Crippen molar-refractivity contribution in [3.05, 3.63) is 35.9 Å². The highest BCUT2D eigenvalue weighted by Crippen LogP contribution is 2.58. The summed E-state index contributed by atoms with van der Waals surface area (Å²) in [7, 11) is 0. The van der Waals surface area contributed by atoms with Gasteiger partial charge in [-0.3, -0.25) is 14.5 Å². The second-order valence-electron chi connectivity index (χ2n) is 10.9. The molecule has 0 bridgehead atoms. The highest BCUT2D eigenvalue weighted by atomic mass is 16.6. The van der Waals surface area contributed by atoms with E-state index in [0.717, 1.165) is 0 Å². The second kappa shape index (κ2) is 7.31. The molecule has 3 aliphatic heterocycles. The van der Waals surface area contributed by atoms with Gasteiger partial charge in [-0.25, -0.2) is 0 Å². The lowest BCUT2D eigenvalue weighted by Gasteiger charge is -2.36. The lowest BCUT2D eigenvalue weighted by molar-refractivity contribution is -0.172. The number of esters is 1. The molecule has 1 aromatic carbocycles. The van der Waals surface area contributed by atoms with Crippen LogP contribution < -0.4 is 0 Å². The molecule has 3 fully saturated rings. The van der Waals surface area contributed by atoms with Gasteiger partial charge in [0.15, 0.2) is 5.41 Å². The zero-order chi connectivity index (χ0) is 22.8. The van der Waals surface area contributed by atoms with E-state index in [1.54, 1.807) is 0 Å². The summed E-state index contributed by atoms with van der Waals surface area (Å²) in [6.45, 7) is 15.4. The smallest absolute Gasteiger partial charge is 0.324 e. The Bertz CT molecular complexity index is 864. The first-order valence-electron chi connectivity index (χ1n) is 11.4. The van der Waals surface area contributed by atoms with Gasteiger partial charge in [0.25, 0.3) is 0 Å². The van der Waals surface area contributed by atoms with Crippen LogP contribution in [0.1, 0.15) is 60.1 Å². The van der Waals surface area contributed by atoms with Gasteiger partial charge in [0.1, 0.15) is 11.3 Å². The highest BCUT2D eigenvalue weighted by Gasteiger charge is 2.76. The number of likely N-dealkylation sites (tertiary alicyclic amines) is 1. The Morgan fingerprint density at radius 1 is 1.19 bits per heavy atom. The molecule has 3 heterocycles. The number of benzene rings is 1. The predicted octanol–water partition coefficient (Wildman–Crippen LogP) is 3.62. The lowest BCUT2D eigenvalue weighted by atomic mass is 9.76. The molecule has 170 valence electrons. The number of nitrogens with zero attached hydrogens (tertiary/aromatic N) is 2. The molecule has 6 heteroatoms. The number of rotatable bonds is 4. The summed E-state index contributed by atoms with van der Waals surface area (Å²) in [5.74, 6) is -0.579. The van der Waals surface area contributed by atoms with E-state index < -0.39 is 22.7 Å². The van der Waals surface area contributed by atoms with Gasteiger partial charge in [-0.2, -0.15) is 0 Å². The van der Waals surface area contributed by atoms with Crippen LogP contribution in [0.2, 0.25) is 0 Å². The maximum atomic E-state index is 14.1. The number of carbonyl (C=O) groups excluding carboxylic acids is 2. The van der Waals surface area contributed by atoms with E-state index in [4.69, 9.17) is 9.47 Å². The van der Waals surface area contributed by atoms with Gasteiger partial charge in [0, 0.05) is 25.0 Å². The number of hydrogen-bond acceptors (Lipinski definition) is 5. The van der Waals surface area contributed by atoms with Crippen molar-refractivity contribution in [3.63, 3.8) is 0 Å². The molecule has 1 aromatic rings. The van der Waals surface area contributed by atoms with Crippen molar-refractivity contribution >= 4 is 11.9 Å². The van der Waals surface area contributed by atoms with Crippen molar-refractivity contribution < 1.29 is 19.1 Å². The van der Waals surface area contributed by atoms with Gasteiger partial charge in [-0.1, -0.05) is 44.2 Å². The fraction of sp³-hybridized carbons (Fsp3) is 0.680. The summed E-state index contributed by atoms with van der Waals surface area (Å²) >= 11 is 0. The Kier molecular flexibility index (Phi) is 5.25. The number of fused-ring (bicyclic) bond motifs is 3. The Morgan fingerprint density at radius 3 is 2.42 bits per heavy atom. The fourth-order valence-corrected chi connectivity index (χ4v) is 5.68. The van der Waals surface area contributed by atoms with Crippen LogP contribution in [0.15, 0.2) is 30.3 Å². The summed E-state index contributed by atoms with van der Waals surface area (Å²) in [5, 5.41) is 0. The van der Waals surface area contributed by atoms with Crippen LogP contribution in [-0.2, 0) is 19.1 Å². The summed E-state index contributed by atoms with van der Waals surface area (Å²) in [5.41, 5.74) is -1.53. The van der Waals surface area contributed by atoms with E-state index in [9.17, 15) is 9.59 Å². The first-order valence-corrected chi connectivity index (χ1v) is 11.4. The quantitative estimate of drug-likeness (QED) is 0.542. The molecule has 0 unspecified atom stereocenters. The van der Waals surface area contributed by atoms with Gasteiger partial charge in [-0.15, -0.1) is 0 Å². The Labute approximate surface area is 185 Å². The molecular formula is C25H36N2O4. The largest absolute Gasteiger partial charge is 0.459 e. The van der Waals surface area contributed by atoms with Crippen molar-refractivity contribution in [3.8, 4) is 0 Å². The third-order valence-electron chi connectivity index (χ3n) is 7.43. The summed E-state index contributed by atoms with van der Waals surface area (Å²) in [4.78, 5) is 31.9. The van der Waals surface area contributed by atoms with Gasteiger partial charge in [-0.05, 0) is 46.1 Å². The maximum absolute atomic E-state index is 14.1. The molecule has 0 N–H and O–H groups in total. The third-order valence-corrected chi connectivity index (χ3v) is 7.43. The first kappa shape index (κ1) is 22.3. The zero-order valence-electron chi connectivity index (χ0n) is 19.8. The second-order valence-corrected chi connectivity index (χ2v) is 10.9. The standard InChI is InChI=1S/C25H36N2O4/c1-16(2)19-14-30-24(7)20-13-26(17(3)18-11-9-8-10-12-18)15-25(20,21(28)27(19)24)22(29)31-23(4,5)6/h8-12,16-17,19-20H,13-15H2,1-7H3/t17-,19+,20-,24+,25+/m0/s1. The van der Waals surface area contributed by atoms with E-state index >= 15 is 0 Å². The molecule has 5 atom stereocenters. The van der Waals surface area contributed by atoms with E-state index in [2.05, 4.69) is 37.8 Å². The molecule has 0 radical (unpaired) electrons. The Balaban J connectivity index is 1.75. The average Bonchev–Trinajstić information content (AvgIpc) is 3.30. The molecule has 0 aromatic heterocycles. The third kappa shape index (κ3) is 3.30. The van der Waals surface area contributed by atoms with E-state index in [-0.39, 0.29) is 29.8 Å². The van der Waals surface area contributed by atoms with Crippen LogP contribution in [0, 0.1) is 17.3 Å². The normalized spacial score (nSPS) is 34.2. The van der Waals surface area contributed by atoms with Crippen LogP contribution in [0.4, 0.5) is 0 Å². The number of ether oxygens (including phenoxy) is 2.